The standard InChI is InChI=1S/C21H32N4O2/c1-3-23(4-2)15-20(27)24-13-7-10-21(16-24)11-9-19(26)25(17-21)14-18-8-5-6-12-22-18/h5-6,8,12H,3-4,7,9-11,13-17H2,1-2H3/t21-/m0/s1. The first kappa shape index (κ1) is 19.8. The van der Waals surface area contributed by atoms with Gasteiger partial charge in [0.15, 0.2) is 0 Å². The van der Waals surface area contributed by atoms with Crippen molar-refractivity contribution in [3.05, 3.63) is 30.1 Å². The number of aromatic nitrogens is 1. The van der Waals surface area contributed by atoms with Crippen molar-refractivity contribution in [2.24, 2.45) is 5.41 Å². The van der Waals surface area contributed by atoms with Gasteiger partial charge in [-0.15, -0.1) is 0 Å². The lowest BCUT2D eigenvalue weighted by Gasteiger charge is -2.48. The van der Waals surface area contributed by atoms with Gasteiger partial charge >= 0.3 is 0 Å². The van der Waals surface area contributed by atoms with E-state index in [4.69, 9.17) is 0 Å². The molecule has 2 amide bonds. The molecule has 2 fully saturated rings. The van der Waals surface area contributed by atoms with Gasteiger partial charge in [0.25, 0.3) is 0 Å². The fraction of sp³-hybridized carbons (Fsp3) is 0.667. The lowest BCUT2D eigenvalue weighted by atomic mass is 9.73. The van der Waals surface area contributed by atoms with Crippen LogP contribution in [0.5, 0.6) is 0 Å². The molecule has 2 aliphatic rings. The zero-order chi connectivity index (χ0) is 19.3. The highest BCUT2D eigenvalue weighted by Crippen LogP contribution is 2.39. The number of carbonyl (C=O) groups is 2. The third-order valence-electron chi connectivity index (χ3n) is 6.09. The van der Waals surface area contributed by atoms with Crippen LogP contribution in [-0.4, -0.2) is 70.8 Å². The molecule has 0 aliphatic carbocycles. The van der Waals surface area contributed by atoms with Crippen molar-refractivity contribution in [3.63, 3.8) is 0 Å². The van der Waals surface area contributed by atoms with Crippen molar-refractivity contribution in [2.75, 3.05) is 39.3 Å². The van der Waals surface area contributed by atoms with Crippen molar-refractivity contribution < 1.29 is 9.59 Å². The van der Waals surface area contributed by atoms with Crippen molar-refractivity contribution in [3.8, 4) is 0 Å². The van der Waals surface area contributed by atoms with Crippen molar-refractivity contribution >= 4 is 11.8 Å². The molecule has 2 saturated heterocycles. The molecule has 27 heavy (non-hydrogen) atoms. The molecule has 0 bridgehead atoms. The minimum atomic E-state index is 0.0415. The van der Waals surface area contributed by atoms with Crippen LogP contribution in [0.25, 0.3) is 0 Å². The first-order valence-corrected chi connectivity index (χ1v) is 10.2. The Morgan fingerprint density at radius 3 is 2.74 bits per heavy atom. The molecule has 6 nitrogen and oxygen atoms in total. The Morgan fingerprint density at radius 1 is 1.22 bits per heavy atom. The molecule has 0 saturated carbocycles. The van der Waals surface area contributed by atoms with Gasteiger partial charge in [0.05, 0.1) is 18.8 Å². The summed E-state index contributed by atoms with van der Waals surface area (Å²) in [5, 5.41) is 0. The van der Waals surface area contributed by atoms with Crippen molar-refractivity contribution in [1.29, 1.82) is 0 Å². The number of hydrogen-bond donors (Lipinski definition) is 0. The largest absolute Gasteiger partial charge is 0.341 e. The highest BCUT2D eigenvalue weighted by molar-refractivity contribution is 5.79. The maximum atomic E-state index is 12.8. The predicted octanol–water partition coefficient (Wildman–Crippen LogP) is 2.15. The topological polar surface area (TPSA) is 56.8 Å². The number of likely N-dealkylation sites (tertiary alicyclic amines) is 2. The fourth-order valence-corrected chi connectivity index (χ4v) is 4.43. The minimum Gasteiger partial charge on any atom is -0.341 e. The maximum absolute atomic E-state index is 12.8. The number of amides is 2. The quantitative estimate of drug-likeness (QED) is 0.768. The number of hydrogen-bond acceptors (Lipinski definition) is 4. The predicted molar refractivity (Wildman–Crippen MR) is 105 cm³/mol. The van der Waals surface area contributed by atoms with Gasteiger partial charge in [-0.3, -0.25) is 19.5 Å². The Kier molecular flexibility index (Phi) is 6.47. The van der Waals surface area contributed by atoms with E-state index in [1.54, 1.807) is 6.20 Å². The normalized spacial score (nSPS) is 23.3. The minimum absolute atomic E-state index is 0.0415. The Bertz CT molecular complexity index is 647. The average Bonchev–Trinajstić information content (AvgIpc) is 2.70. The molecule has 148 valence electrons. The number of likely N-dealkylation sites (N-methyl/N-ethyl adjacent to an activating group) is 1. The molecule has 1 atom stereocenters. The maximum Gasteiger partial charge on any atom is 0.236 e. The summed E-state index contributed by atoms with van der Waals surface area (Å²) in [6.45, 7) is 9.40. The van der Waals surface area contributed by atoms with Gasteiger partial charge in [-0.1, -0.05) is 19.9 Å². The van der Waals surface area contributed by atoms with Crippen LogP contribution in [0.3, 0.4) is 0 Å². The van der Waals surface area contributed by atoms with Crippen LogP contribution in [0.15, 0.2) is 24.4 Å². The zero-order valence-corrected chi connectivity index (χ0v) is 16.7. The lowest BCUT2D eigenvalue weighted by molar-refractivity contribution is -0.144. The Balaban J connectivity index is 1.65. The van der Waals surface area contributed by atoms with E-state index in [1.807, 2.05) is 28.0 Å². The summed E-state index contributed by atoms with van der Waals surface area (Å²) in [5.74, 6) is 0.434. The van der Waals surface area contributed by atoms with E-state index < -0.39 is 0 Å². The fourth-order valence-electron chi connectivity index (χ4n) is 4.43. The van der Waals surface area contributed by atoms with Gasteiger partial charge in [0.2, 0.25) is 11.8 Å². The van der Waals surface area contributed by atoms with Gasteiger partial charge in [-0.2, -0.15) is 0 Å². The smallest absolute Gasteiger partial charge is 0.236 e. The first-order valence-electron chi connectivity index (χ1n) is 10.2. The Labute approximate surface area is 162 Å². The second kappa shape index (κ2) is 8.83. The second-order valence-electron chi connectivity index (χ2n) is 7.95. The van der Waals surface area contributed by atoms with Gasteiger partial charge in [0.1, 0.15) is 0 Å². The van der Waals surface area contributed by atoms with Crippen LogP contribution >= 0.6 is 0 Å². The molecule has 3 heterocycles. The molecule has 1 spiro atoms. The van der Waals surface area contributed by atoms with E-state index in [-0.39, 0.29) is 17.2 Å². The Morgan fingerprint density at radius 2 is 2.04 bits per heavy atom. The van der Waals surface area contributed by atoms with Gasteiger partial charge in [0, 0.05) is 37.7 Å². The lowest BCUT2D eigenvalue weighted by Crippen LogP contribution is -2.56. The van der Waals surface area contributed by atoms with Gasteiger partial charge < -0.3 is 9.80 Å². The van der Waals surface area contributed by atoms with E-state index in [0.717, 1.165) is 57.7 Å². The summed E-state index contributed by atoms with van der Waals surface area (Å²) >= 11 is 0. The van der Waals surface area contributed by atoms with E-state index in [0.29, 0.717) is 19.5 Å². The van der Waals surface area contributed by atoms with E-state index in [9.17, 15) is 9.59 Å². The Hall–Kier alpha value is -1.95. The summed E-state index contributed by atoms with van der Waals surface area (Å²) in [4.78, 5) is 35.8. The molecule has 0 aromatic carbocycles. The van der Waals surface area contributed by atoms with Crippen LogP contribution in [-0.2, 0) is 16.1 Å². The highest BCUT2D eigenvalue weighted by Gasteiger charge is 2.42. The third-order valence-corrected chi connectivity index (χ3v) is 6.09. The summed E-state index contributed by atoms with van der Waals surface area (Å²) in [6.07, 6.45) is 5.35. The van der Waals surface area contributed by atoms with Crippen molar-refractivity contribution in [2.45, 2.75) is 46.1 Å². The molecule has 1 aromatic rings. The molecule has 0 unspecified atom stereocenters. The summed E-state index contributed by atoms with van der Waals surface area (Å²) in [7, 11) is 0. The molecular weight excluding hydrogens is 340 g/mol. The van der Waals surface area contributed by atoms with Crippen LogP contribution in [0, 0.1) is 5.41 Å². The SMILES string of the molecule is CCN(CC)CC(=O)N1CCC[C@]2(CCC(=O)N(Cc3ccccn3)C2)C1. The second-order valence-corrected chi connectivity index (χ2v) is 7.95. The average molecular weight is 373 g/mol. The summed E-state index contributed by atoms with van der Waals surface area (Å²) in [6, 6.07) is 5.82. The van der Waals surface area contributed by atoms with Crippen LogP contribution in [0.2, 0.25) is 0 Å². The highest BCUT2D eigenvalue weighted by atomic mass is 16.2. The first-order chi connectivity index (χ1) is 13.0. The molecule has 3 rings (SSSR count). The molecule has 6 heteroatoms. The van der Waals surface area contributed by atoms with Gasteiger partial charge in [-0.05, 0) is 44.5 Å². The zero-order valence-electron chi connectivity index (χ0n) is 16.7. The van der Waals surface area contributed by atoms with E-state index in [2.05, 4.69) is 23.7 Å². The number of piperidine rings is 2. The molecule has 2 aliphatic heterocycles. The van der Waals surface area contributed by atoms with Crippen LogP contribution in [0.1, 0.15) is 45.2 Å². The molecule has 1 aromatic heterocycles. The summed E-state index contributed by atoms with van der Waals surface area (Å²) < 4.78 is 0. The monoisotopic (exact) mass is 372 g/mol. The van der Waals surface area contributed by atoms with Gasteiger partial charge in [-0.25, -0.2) is 0 Å². The van der Waals surface area contributed by atoms with Crippen molar-refractivity contribution in [1.82, 2.24) is 19.7 Å². The summed E-state index contributed by atoms with van der Waals surface area (Å²) in [5.41, 5.74) is 0.966. The van der Waals surface area contributed by atoms with E-state index in [1.165, 1.54) is 0 Å². The van der Waals surface area contributed by atoms with E-state index >= 15 is 0 Å². The third kappa shape index (κ3) is 4.86. The molecule has 0 radical (unpaired) electrons. The van der Waals surface area contributed by atoms with Crippen LogP contribution in [0.4, 0.5) is 0 Å². The number of carbonyl (C=O) groups excluding carboxylic acids is 2. The van der Waals surface area contributed by atoms with Crippen LogP contribution < -0.4 is 0 Å². The molecular formula is C21H32N4O2. The number of rotatable bonds is 6. The molecule has 0 N–H and O–H groups in total. The number of pyridine rings is 1. The number of nitrogens with zero attached hydrogens (tertiary/aromatic N) is 4.